The lowest BCUT2D eigenvalue weighted by atomic mass is 9.85. The Morgan fingerprint density at radius 3 is 2.00 bits per heavy atom. The Morgan fingerprint density at radius 2 is 1.42 bits per heavy atom. The average molecular weight is 1050 g/mol. The van der Waals surface area contributed by atoms with Crippen LogP contribution >= 0.6 is 21.6 Å². The van der Waals surface area contributed by atoms with Gasteiger partial charge in [0.2, 0.25) is 65.0 Å². The summed E-state index contributed by atoms with van der Waals surface area (Å²) in [5.41, 5.74) is 16.2. The lowest BCUT2D eigenvalue weighted by molar-refractivity contribution is -0.145. The van der Waals surface area contributed by atoms with E-state index in [1.807, 2.05) is 34.6 Å². The van der Waals surface area contributed by atoms with E-state index in [0.29, 0.717) is 18.4 Å². The van der Waals surface area contributed by atoms with Crippen LogP contribution in [0, 0.1) is 17.3 Å². The van der Waals surface area contributed by atoms with Gasteiger partial charge in [-0.15, -0.1) is 0 Å². The van der Waals surface area contributed by atoms with Gasteiger partial charge in [-0.1, -0.05) is 88.6 Å². The van der Waals surface area contributed by atoms with Gasteiger partial charge in [-0.2, -0.15) is 0 Å². The van der Waals surface area contributed by atoms with Crippen molar-refractivity contribution in [2.45, 2.75) is 155 Å². The molecule has 23 nitrogen and oxygen atoms in total. The number of hydrogen-bond donors (Lipinski definition) is 11. The van der Waals surface area contributed by atoms with E-state index < -0.39 is 144 Å². The summed E-state index contributed by atoms with van der Waals surface area (Å²) < 4.78 is 0. The highest BCUT2D eigenvalue weighted by atomic mass is 33.1. The number of phenolic OH excluding ortho intramolecular Hbond substituents is 1. The number of carbonyl (C=O) groups excluding carboxylic acids is 11. The van der Waals surface area contributed by atoms with E-state index in [1.54, 1.807) is 26.0 Å². The number of benzene rings is 1. The number of carbonyl (C=O) groups is 11. The van der Waals surface area contributed by atoms with Gasteiger partial charge in [0.15, 0.2) is 0 Å². The zero-order valence-electron chi connectivity index (χ0n) is 42.0. The molecule has 2 aliphatic rings. The molecule has 0 spiro atoms. The van der Waals surface area contributed by atoms with E-state index >= 15 is 4.79 Å². The average Bonchev–Trinajstić information content (AvgIpc) is 3.76. The van der Waals surface area contributed by atoms with Crippen LogP contribution in [0.4, 0.5) is 0 Å². The van der Waals surface area contributed by atoms with Crippen molar-refractivity contribution in [2.24, 2.45) is 34.5 Å². The minimum absolute atomic E-state index is 0.0264. The Hall–Kier alpha value is -6.11. The summed E-state index contributed by atoms with van der Waals surface area (Å²) in [4.78, 5) is 150. The smallest absolute Gasteiger partial charge is 0.246 e. The molecule has 2 heterocycles. The molecule has 25 heteroatoms. The minimum atomic E-state index is -1.75. The Morgan fingerprint density at radius 1 is 0.792 bits per heavy atom. The molecular weight excluding hydrogens is 975 g/mol. The molecule has 0 saturated carbocycles. The number of hydrogen-bond acceptors (Lipinski definition) is 14. The highest BCUT2D eigenvalue weighted by Crippen LogP contribution is 2.37. The molecule has 1 aromatic rings. The first-order chi connectivity index (χ1) is 33.7. The van der Waals surface area contributed by atoms with Gasteiger partial charge in [0.1, 0.15) is 48.0 Å². The molecule has 11 amide bonds. The van der Waals surface area contributed by atoms with Crippen LogP contribution in [0.5, 0.6) is 5.75 Å². The van der Waals surface area contributed by atoms with Crippen LogP contribution < -0.4 is 54.4 Å². The zero-order valence-corrected chi connectivity index (χ0v) is 43.6. The number of nitrogens with two attached hydrogens (primary N) is 3. The van der Waals surface area contributed by atoms with Crippen molar-refractivity contribution in [3.05, 3.63) is 29.8 Å². The first kappa shape index (κ1) is 60.2. The molecular formula is C47H73N11O12S2. The van der Waals surface area contributed by atoms with E-state index in [2.05, 4.69) is 37.2 Å². The maximum atomic E-state index is 15.1. The summed E-state index contributed by atoms with van der Waals surface area (Å²) in [6.45, 7) is 12.2. The quantitative estimate of drug-likeness (QED) is 0.0823. The van der Waals surface area contributed by atoms with Crippen LogP contribution in [0.15, 0.2) is 24.3 Å². The van der Waals surface area contributed by atoms with Crippen LogP contribution in [0.1, 0.15) is 105 Å². The third-order valence-electron chi connectivity index (χ3n) is 12.2. The molecule has 9 atom stereocenters. The van der Waals surface area contributed by atoms with E-state index in [9.17, 15) is 53.1 Å². The van der Waals surface area contributed by atoms with Crippen LogP contribution in [0.25, 0.3) is 0 Å². The van der Waals surface area contributed by atoms with Crippen molar-refractivity contribution < 1.29 is 57.8 Å². The van der Waals surface area contributed by atoms with Crippen LogP contribution in [0.3, 0.4) is 0 Å². The maximum Gasteiger partial charge on any atom is 0.246 e. The summed E-state index contributed by atoms with van der Waals surface area (Å²) in [6, 6.07) is -4.18. The van der Waals surface area contributed by atoms with Gasteiger partial charge in [0.05, 0.1) is 13.0 Å². The third kappa shape index (κ3) is 19.1. The number of nitrogens with zero attached hydrogens (tertiary/aromatic N) is 1. The van der Waals surface area contributed by atoms with Gasteiger partial charge in [0.25, 0.3) is 0 Å². The van der Waals surface area contributed by atoms with Gasteiger partial charge in [-0.05, 0) is 60.6 Å². The Kier molecular flexibility index (Phi) is 23.6. The fraction of sp³-hybridized carbons (Fsp3) is 0.638. The second-order valence-electron chi connectivity index (χ2n) is 19.7. The topological polar surface area (TPSA) is 374 Å². The Labute approximate surface area is 427 Å². The molecule has 0 bridgehead atoms. The van der Waals surface area contributed by atoms with Crippen molar-refractivity contribution in [1.29, 1.82) is 0 Å². The number of aromatic hydroxyl groups is 1. The molecule has 2 saturated heterocycles. The summed E-state index contributed by atoms with van der Waals surface area (Å²) in [5, 5.41) is 28.1. The summed E-state index contributed by atoms with van der Waals surface area (Å²) in [7, 11) is 2.25. The number of primary amides is 3. The van der Waals surface area contributed by atoms with Crippen molar-refractivity contribution in [1.82, 2.24) is 42.1 Å². The molecule has 400 valence electrons. The number of amides is 11. The second kappa shape index (κ2) is 28.2. The minimum Gasteiger partial charge on any atom is -0.508 e. The van der Waals surface area contributed by atoms with Crippen LogP contribution in [-0.4, -0.2) is 141 Å². The first-order valence-electron chi connectivity index (χ1n) is 24.0. The summed E-state index contributed by atoms with van der Waals surface area (Å²) >= 11 is 0. The molecule has 0 radical (unpaired) electrons. The number of phenols is 1. The number of nitrogens with one attached hydrogen (secondary N) is 7. The lowest BCUT2D eigenvalue weighted by Crippen LogP contribution is -2.62. The third-order valence-corrected chi connectivity index (χ3v) is 14.7. The summed E-state index contributed by atoms with van der Waals surface area (Å²) in [5.74, 6) is -9.65. The second-order valence-corrected chi connectivity index (χ2v) is 22.3. The molecule has 14 N–H and O–H groups in total. The van der Waals surface area contributed by atoms with Crippen molar-refractivity contribution in [2.75, 3.05) is 18.1 Å². The van der Waals surface area contributed by atoms with Gasteiger partial charge in [0, 0.05) is 36.8 Å². The highest BCUT2D eigenvalue weighted by molar-refractivity contribution is 8.76. The summed E-state index contributed by atoms with van der Waals surface area (Å²) in [6.07, 6.45) is -0.727. The fourth-order valence-electron chi connectivity index (χ4n) is 8.23. The molecule has 1 aromatic carbocycles. The van der Waals surface area contributed by atoms with E-state index in [0.717, 1.165) is 21.6 Å². The van der Waals surface area contributed by atoms with Crippen molar-refractivity contribution in [3.63, 3.8) is 0 Å². The first-order valence-corrected chi connectivity index (χ1v) is 26.5. The molecule has 2 aliphatic heterocycles. The van der Waals surface area contributed by atoms with E-state index in [1.165, 1.54) is 17.0 Å². The molecule has 1 unspecified atom stereocenters. The van der Waals surface area contributed by atoms with Gasteiger partial charge >= 0.3 is 0 Å². The monoisotopic (exact) mass is 1050 g/mol. The number of rotatable bonds is 17. The molecule has 0 aromatic heterocycles. The van der Waals surface area contributed by atoms with Crippen molar-refractivity contribution >= 4 is 86.6 Å². The molecule has 2 fully saturated rings. The fourth-order valence-corrected chi connectivity index (χ4v) is 10.4. The van der Waals surface area contributed by atoms with Gasteiger partial charge in [-0.25, -0.2) is 0 Å². The van der Waals surface area contributed by atoms with Crippen molar-refractivity contribution in [3.8, 4) is 5.75 Å². The largest absolute Gasteiger partial charge is 0.508 e. The SMILES string of the molecule is CC[C@H](C)[C@@H]1NC(=O)[C@H](Cc2ccc(O)cc2)NC(=O)CCSSC[C@@H](C(=O)N2[C@H](C(=O)N[C@@H](CC(C)C)C(=O)NCC(N)=O)CC[C@@H]2C(C)(C)C)NC(=O)[C@H](CC(N)=O)NC(=O)C(CCC(N)=O)NC1=O. The highest BCUT2D eigenvalue weighted by Gasteiger charge is 2.48. The Bertz CT molecular complexity index is 2140. The van der Waals surface area contributed by atoms with E-state index in [4.69, 9.17) is 17.2 Å². The van der Waals surface area contributed by atoms with Crippen LogP contribution in [0.2, 0.25) is 0 Å². The maximum absolute atomic E-state index is 15.1. The predicted octanol–water partition coefficient (Wildman–Crippen LogP) is -1.13. The van der Waals surface area contributed by atoms with E-state index in [-0.39, 0.29) is 55.3 Å². The molecule has 72 heavy (non-hydrogen) atoms. The predicted molar refractivity (Wildman–Crippen MR) is 269 cm³/mol. The lowest BCUT2D eigenvalue weighted by Gasteiger charge is -2.39. The molecule has 3 rings (SSSR count). The standard InChI is InChI=1S/C47H73N11O12S2/c1-8-25(4)39-45(69)53-28(13-16-35(48)60)41(65)54-31(21-36(49)61)42(66)56-32(23-72-71-18-17-38(63)52-30(43(67)57-39)20-26-9-11-27(59)12-10-26)46(70)58-33(14-15-34(58)47(5,6)7)44(68)55-29(19-24(2)3)40(64)51-22-37(50)62/h9-12,24-25,28-34,39,59H,8,13-23H2,1-7H3,(H2,48,60)(H2,49,61)(H2,50,62)(H,51,64)(H,52,63)(H,53,69)(H,54,65)(H,55,68)(H,56,66)(H,57,67)/t25-,28?,29-,30-,31-,32-,33-,34+,39-/m0/s1. The normalized spacial score (nSPS) is 24.0. The van der Waals surface area contributed by atoms with Crippen LogP contribution in [-0.2, 0) is 59.2 Å². The Balaban J connectivity index is 2.12. The van der Waals surface area contributed by atoms with Gasteiger partial charge in [-0.3, -0.25) is 52.7 Å². The molecule has 0 aliphatic carbocycles. The zero-order chi connectivity index (χ0) is 54.0. The number of likely N-dealkylation sites (tertiary alicyclic amines) is 1. The van der Waals surface area contributed by atoms with Gasteiger partial charge < -0.3 is 64.4 Å².